The van der Waals surface area contributed by atoms with E-state index in [1.54, 1.807) is 22.3 Å². The molecule has 0 bridgehead atoms. The number of halogens is 1. The Kier molecular flexibility index (Phi) is 16.7. The molecule has 0 radical (unpaired) electrons. The van der Waals surface area contributed by atoms with E-state index in [0.29, 0.717) is 62.9 Å². The standard InChI is InChI=1S/C39H48ClNO13S/c1-23(42)50-34-35(51-24(2)43)37(52-25(3)44)39(54-36(34)38(47)49-5)53-27(20-21-30-33(40)28-14-9-10-15-29(28)55-30)19-18-26-13-12-16-31(45)41(26)22-11-7-6-8-17-32(46)48-4/h7,9-11,14-15,18-19,26-27,34-37,39H,6,8,12-13,16-17,20-22H2,1-5H3/b11-7-,19-18+/t26-,27?,34+,35?,36?,37+,39-/m1/s1. The molecule has 14 nitrogen and oxygen atoms in total. The normalized spacial score (nSPS) is 23.5. The molecule has 0 spiro atoms. The summed E-state index contributed by atoms with van der Waals surface area (Å²) in [6.07, 6.45) is 3.16. The Morgan fingerprint density at radius 1 is 0.964 bits per heavy atom. The number of piperidine rings is 1. The molecular formula is C39H48ClNO13S. The number of ether oxygens (including phenoxy) is 7. The van der Waals surface area contributed by atoms with Crippen LogP contribution >= 0.6 is 22.9 Å². The van der Waals surface area contributed by atoms with Crippen molar-refractivity contribution >= 4 is 68.8 Å². The minimum Gasteiger partial charge on any atom is -0.469 e. The van der Waals surface area contributed by atoms with Crippen LogP contribution in [0.25, 0.3) is 10.1 Å². The van der Waals surface area contributed by atoms with Crippen molar-refractivity contribution in [3.63, 3.8) is 0 Å². The smallest absolute Gasteiger partial charge is 0.339 e. The van der Waals surface area contributed by atoms with Crippen molar-refractivity contribution in [1.29, 1.82) is 0 Å². The van der Waals surface area contributed by atoms with E-state index in [4.69, 9.17) is 44.8 Å². The Bertz CT molecular complexity index is 1740. The first kappa shape index (κ1) is 43.4. The van der Waals surface area contributed by atoms with Gasteiger partial charge in [-0.2, -0.15) is 0 Å². The largest absolute Gasteiger partial charge is 0.469 e. The summed E-state index contributed by atoms with van der Waals surface area (Å²) in [5.41, 5.74) is 0. The van der Waals surface area contributed by atoms with Crippen molar-refractivity contribution < 1.29 is 61.9 Å². The molecule has 1 aromatic carbocycles. The predicted molar refractivity (Wildman–Crippen MR) is 201 cm³/mol. The van der Waals surface area contributed by atoms with Crippen LogP contribution in [0.3, 0.4) is 0 Å². The number of esters is 5. The van der Waals surface area contributed by atoms with Gasteiger partial charge in [0.2, 0.25) is 5.91 Å². The molecule has 2 aliphatic heterocycles. The third-order valence-electron chi connectivity index (χ3n) is 9.01. The Balaban J connectivity index is 1.66. The van der Waals surface area contributed by atoms with E-state index in [1.165, 1.54) is 7.11 Å². The van der Waals surface area contributed by atoms with Crippen LogP contribution in [-0.2, 0) is 68.3 Å². The van der Waals surface area contributed by atoms with Crippen LogP contribution in [0.2, 0.25) is 5.02 Å². The first-order chi connectivity index (χ1) is 26.3. The second-order valence-electron chi connectivity index (χ2n) is 13.0. The van der Waals surface area contributed by atoms with E-state index in [-0.39, 0.29) is 17.9 Å². The lowest BCUT2D eigenvalue weighted by molar-refractivity contribution is -0.307. The Morgan fingerprint density at radius 3 is 2.33 bits per heavy atom. The van der Waals surface area contributed by atoms with Crippen LogP contribution in [0.1, 0.15) is 70.6 Å². The zero-order valence-corrected chi connectivity index (χ0v) is 33.1. The molecule has 3 heterocycles. The zero-order valence-electron chi connectivity index (χ0n) is 31.6. The van der Waals surface area contributed by atoms with Gasteiger partial charge in [0.1, 0.15) is 0 Å². The van der Waals surface area contributed by atoms with Crippen LogP contribution < -0.4 is 0 Å². The van der Waals surface area contributed by atoms with Crippen LogP contribution in [0.5, 0.6) is 0 Å². The first-order valence-electron chi connectivity index (χ1n) is 18.1. The average molecular weight is 806 g/mol. The molecule has 4 rings (SSSR count). The number of fused-ring (bicyclic) bond motifs is 1. The molecule has 0 saturated carbocycles. The Morgan fingerprint density at radius 2 is 1.65 bits per heavy atom. The molecule has 2 saturated heterocycles. The molecular weight excluding hydrogens is 758 g/mol. The number of carbonyl (C=O) groups is 6. The van der Waals surface area contributed by atoms with Crippen molar-refractivity contribution in [2.24, 2.45) is 0 Å². The molecule has 1 amide bonds. The van der Waals surface area contributed by atoms with Crippen molar-refractivity contribution in [3.8, 4) is 0 Å². The van der Waals surface area contributed by atoms with Gasteiger partial charge in [-0.15, -0.1) is 11.3 Å². The van der Waals surface area contributed by atoms with E-state index < -0.39 is 60.7 Å². The number of carbonyl (C=O) groups excluding carboxylic acids is 6. The summed E-state index contributed by atoms with van der Waals surface area (Å²) >= 11 is 8.34. The summed E-state index contributed by atoms with van der Waals surface area (Å²) in [6.45, 7) is 3.71. The van der Waals surface area contributed by atoms with Crippen molar-refractivity contribution in [1.82, 2.24) is 4.90 Å². The lowest BCUT2D eigenvalue weighted by Gasteiger charge is -2.43. The highest BCUT2D eigenvalue weighted by Crippen LogP contribution is 2.37. The van der Waals surface area contributed by atoms with Gasteiger partial charge in [0.15, 0.2) is 30.7 Å². The number of likely N-dealkylation sites (tertiary alicyclic amines) is 1. The minimum absolute atomic E-state index is 0.0122. The maximum Gasteiger partial charge on any atom is 0.339 e. The highest BCUT2D eigenvalue weighted by atomic mass is 35.5. The summed E-state index contributed by atoms with van der Waals surface area (Å²) in [7, 11) is 2.46. The third-order valence-corrected chi connectivity index (χ3v) is 10.8. The summed E-state index contributed by atoms with van der Waals surface area (Å²) < 4.78 is 39.7. The van der Waals surface area contributed by atoms with Crippen LogP contribution in [-0.4, -0.2) is 104 Å². The number of methoxy groups -OCH3 is 2. The van der Waals surface area contributed by atoms with Gasteiger partial charge in [0, 0.05) is 55.1 Å². The number of aryl methyl sites for hydroxylation is 1. The number of benzene rings is 1. The number of rotatable bonds is 17. The fourth-order valence-electron chi connectivity index (χ4n) is 6.48. The molecule has 0 aliphatic carbocycles. The molecule has 0 N–H and O–H groups in total. The molecule has 55 heavy (non-hydrogen) atoms. The van der Waals surface area contributed by atoms with Gasteiger partial charge >= 0.3 is 29.8 Å². The average Bonchev–Trinajstić information content (AvgIpc) is 3.47. The number of thiophene rings is 1. The van der Waals surface area contributed by atoms with E-state index in [0.717, 1.165) is 42.8 Å². The summed E-state index contributed by atoms with van der Waals surface area (Å²) in [5.74, 6) is -3.64. The molecule has 2 fully saturated rings. The van der Waals surface area contributed by atoms with Crippen molar-refractivity contribution in [2.75, 3.05) is 20.8 Å². The molecule has 2 aliphatic rings. The molecule has 2 aromatic rings. The number of hydrogen-bond donors (Lipinski definition) is 0. The zero-order chi connectivity index (χ0) is 40.1. The fraction of sp³-hybridized carbons (Fsp3) is 0.538. The van der Waals surface area contributed by atoms with E-state index >= 15 is 0 Å². The maximum absolute atomic E-state index is 13.1. The van der Waals surface area contributed by atoms with E-state index in [1.807, 2.05) is 42.5 Å². The lowest BCUT2D eigenvalue weighted by atomic mass is 9.97. The quantitative estimate of drug-likeness (QED) is 0.0863. The summed E-state index contributed by atoms with van der Waals surface area (Å²) in [5, 5.41) is 1.53. The van der Waals surface area contributed by atoms with Gasteiger partial charge < -0.3 is 38.1 Å². The highest BCUT2D eigenvalue weighted by molar-refractivity contribution is 7.19. The Hall–Kier alpha value is -4.31. The molecule has 300 valence electrons. The highest BCUT2D eigenvalue weighted by Gasteiger charge is 2.55. The number of amides is 1. The first-order valence-corrected chi connectivity index (χ1v) is 19.3. The van der Waals surface area contributed by atoms with Crippen LogP contribution in [0.15, 0.2) is 48.6 Å². The van der Waals surface area contributed by atoms with Gasteiger partial charge in [-0.05, 0) is 44.6 Å². The van der Waals surface area contributed by atoms with Crippen LogP contribution in [0.4, 0.5) is 0 Å². The second kappa shape index (κ2) is 21.1. The fourth-order valence-corrected chi connectivity index (χ4v) is 8.02. The monoisotopic (exact) mass is 805 g/mol. The third kappa shape index (κ3) is 12.3. The van der Waals surface area contributed by atoms with Crippen molar-refractivity contribution in [3.05, 3.63) is 58.5 Å². The second-order valence-corrected chi connectivity index (χ2v) is 14.6. The number of nitrogens with zero attached hydrogens (tertiary/aromatic N) is 1. The van der Waals surface area contributed by atoms with Gasteiger partial charge in [0.25, 0.3) is 0 Å². The Labute approximate surface area is 329 Å². The number of hydrogen-bond acceptors (Lipinski definition) is 14. The molecule has 3 unspecified atom stereocenters. The predicted octanol–water partition coefficient (Wildman–Crippen LogP) is 5.40. The number of allylic oxidation sites excluding steroid dienone is 1. The molecule has 7 atom stereocenters. The van der Waals surface area contributed by atoms with Crippen molar-refractivity contribution in [2.45, 2.75) is 115 Å². The van der Waals surface area contributed by atoms with E-state index in [2.05, 4.69) is 0 Å². The lowest BCUT2D eigenvalue weighted by Crippen LogP contribution is -2.64. The summed E-state index contributed by atoms with van der Waals surface area (Å²) in [6, 6.07) is 7.46. The van der Waals surface area contributed by atoms with Gasteiger partial charge in [-0.1, -0.05) is 54.1 Å². The summed E-state index contributed by atoms with van der Waals surface area (Å²) in [4.78, 5) is 77.2. The van der Waals surface area contributed by atoms with Gasteiger partial charge in [0.05, 0.1) is 31.4 Å². The van der Waals surface area contributed by atoms with E-state index in [9.17, 15) is 28.8 Å². The minimum atomic E-state index is -1.62. The number of unbranched alkanes of at least 4 members (excludes halogenated alkanes) is 1. The molecule has 16 heteroatoms. The van der Waals surface area contributed by atoms with Crippen LogP contribution in [0, 0.1) is 0 Å². The maximum atomic E-state index is 13.1. The SMILES string of the molecule is COC(=O)CCC/C=C\CN1C(=O)CCC[C@@H]1/C=C/C(CCc1sc2ccccc2c1Cl)O[C@@H]1OC(C(=O)OC)[C@@H](OC(C)=O)C(OC(C)=O)[C@@H]1OC(C)=O. The topological polar surface area (TPSA) is 170 Å². The van der Waals surface area contributed by atoms with Gasteiger partial charge in [-0.25, -0.2) is 4.79 Å². The van der Waals surface area contributed by atoms with Gasteiger partial charge in [-0.3, -0.25) is 24.0 Å². The molecule has 1 aromatic heterocycles.